The van der Waals surface area contributed by atoms with Crippen molar-refractivity contribution in [3.63, 3.8) is 0 Å². The summed E-state index contributed by atoms with van der Waals surface area (Å²) in [5.74, 6) is -0.810. The third-order valence-corrected chi connectivity index (χ3v) is 5.07. The van der Waals surface area contributed by atoms with E-state index in [1.165, 1.54) is 24.7 Å². The zero-order valence-electron chi connectivity index (χ0n) is 19.4. The number of ether oxygens (including phenoxy) is 4. The Bertz CT molecular complexity index is 1040. The average Bonchev–Trinajstić information content (AvgIpc) is 3.22. The quantitative estimate of drug-likeness (QED) is 0.346. The van der Waals surface area contributed by atoms with Gasteiger partial charge in [0.15, 0.2) is 41.8 Å². The van der Waals surface area contributed by atoms with Crippen LogP contribution >= 0.6 is 0 Å². The fraction of sp³-hybridized carbons (Fsp3) is 0.650. The van der Waals surface area contributed by atoms with Crippen molar-refractivity contribution in [2.45, 2.75) is 58.7 Å². The Kier molecular flexibility index (Phi) is 6.75. The van der Waals surface area contributed by atoms with Crippen LogP contribution in [-0.2, 0) is 28.5 Å². The fourth-order valence-electron chi connectivity index (χ4n) is 3.46. The molecule has 1 fully saturated rings. The molecule has 2 aromatic rings. The average molecular weight is 468 g/mol. The molecule has 2 aromatic heterocycles. The highest BCUT2D eigenvalue weighted by molar-refractivity contribution is 5.84. The van der Waals surface area contributed by atoms with E-state index < -0.39 is 41.5 Å². The number of carbonyl (C=O) groups excluding carboxylic acids is 2. The van der Waals surface area contributed by atoms with E-state index in [-0.39, 0.29) is 25.0 Å². The third kappa shape index (κ3) is 4.98. The van der Waals surface area contributed by atoms with Gasteiger partial charge in [0.2, 0.25) is 5.95 Å². The largest absolute Gasteiger partial charge is 0.456 e. The Hall–Kier alpha value is -3.06. The SMILES string of the molecule is CNc1nc(N)nc2c1ncn2[C@@H]1O[C@H](COCOC(=O)C(C)(C)C)[C@@H](OC(C)=O)[C@@]1(C)F. The number of alkyl halides is 1. The molecule has 13 heteroatoms. The maximum absolute atomic E-state index is 16.0. The normalized spacial score (nSPS) is 25.2. The van der Waals surface area contributed by atoms with Gasteiger partial charge in [-0.25, -0.2) is 9.37 Å². The molecule has 1 saturated heterocycles. The molecule has 3 N–H and O–H groups in total. The van der Waals surface area contributed by atoms with Gasteiger partial charge in [0, 0.05) is 14.0 Å². The molecule has 0 spiro atoms. The molecule has 1 aliphatic rings. The molecule has 0 bridgehead atoms. The zero-order valence-corrected chi connectivity index (χ0v) is 19.4. The minimum atomic E-state index is -2.19. The lowest BCUT2D eigenvalue weighted by Crippen LogP contribution is -2.44. The fourth-order valence-corrected chi connectivity index (χ4v) is 3.46. The number of rotatable bonds is 7. The highest BCUT2D eigenvalue weighted by atomic mass is 19.1. The van der Waals surface area contributed by atoms with E-state index in [2.05, 4.69) is 20.3 Å². The first-order valence-electron chi connectivity index (χ1n) is 10.3. The number of esters is 2. The van der Waals surface area contributed by atoms with E-state index >= 15 is 4.39 Å². The molecule has 3 heterocycles. The number of nitrogens with zero attached hydrogens (tertiary/aromatic N) is 4. The summed E-state index contributed by atoms with van der Waals surface area (Å²) in [4.78, 5) is 36.0. The van der Waals surface area contributed by atoms with E-state index in [0.717, 1.165) is 0 Å². The van der Waals surface area contributed by atoms with Crippen molar-refractivity contribution in [2.75, 3.05) is 31.5 Å². The molecule has 0 saturated carbocycles. The first-order valence-corrected chi connectivity index (χ1v) is 10.3. The molecule has 0 radical (unpaired) electrons. The van der Waals surface area contributed by atoms with Gasteiger partial charge in [0.25, 0.3) is 0 Å². The van der Waals surface area contributed by atoms with Crippen LogP contribution in [0.15, 0.2) is 6.33 Å². The van der Waals surface area contributed by atoms with Crippen molar-refractivity contribution >= 4 is 34.9 Å². The number of carbonyl (C=O) groups is 2. The molecule has 0 aliphatic carbocycles. The van der Waals surface area contributed by atoms with Gasteiger partial charge in [-0.2, -0.15) is 9.97 Å². The number of hydrogen-bond acceptors (Lipinski definition) is 11. The maximum atomic E-state index is 16.0. The van der Waals surface area contributed by atoms with Crippen molar-refractivity contribution in [1.29, 1.82) is 0 Å². The van der Waals surface area contributed by atoms with Crippen LogP contribution in [0.2, 0.25) is 0 Å². The first kappa shape index (κ1) is 24.6. The Morgan fingerprint density at radius 2 is 2.06 bits per heavy atom. The van der Waals surface area contributed by atoms with Crippen molar-refractivity contribution in [3.05, 3.63) is 6.33 Å². The van der Waals surface area contributed by atoms with Gasteiger partial charge < -0.3 is 30.0 Å². The lowest BCUT2D eigenvalue weighted by atomic mass is 9.98. The van der Waals surface area contributed by atoms with Crippen LogP contribution in [0.4, 0.5) is 16.2 Å². The molecule has 0 aromatic carbocycles. The van der Waals surface area contributed by atoms with Crippen LogP contribution in [-0.4, -0.2) is 69.8 Å². The van der Waals surface area contributed by atoms with E-state index in [1.54, 1.807) is 27.8 Å². The highest BCUT2D eigenvalue weighted by Crippen LogP contribution is 2.44. The number of halogens is 1. The highest BCUT2D eigenvalue weighted by Gasteiger charge is 2.58. The Morgan fingerprint density at radius 1 is 1.36 bits per heavy atom. The van der Waals surface area contributed by atoms with Gasteiger partial charge in [-0.3, -0.25) is 14.2 Å². The summed E-state index contributed by atoms with van der Waals surface area (Å²) in [5, 5.41) is 2.86. The van der Waals surface area contributed by atoms with Gasteiger partial charge in [-0.15, -0.1) is 0 Å². The molecule has 4 atom stereocenters. The number of nitrogens with two attached hydrogens (primary N) is 1. The number of fused-ring (bicyclic) bond motifs is 1. The predicted molar refractivity (Wildman–Crippen MR) is 115 cm³/mol. The number of anilines is 2. The minimum Gasteiger partial charge on any atom is -0.456 e. The van der Waals surface area contributed by atoms with Gasteiger partial charge in [-0.1, -0.05) is 0 Å². The minimum absolute atomic E-state index is 0.0377. The molecule has 182 valence electrons. The number of nitrogens with one attached hydrogen (secondary N) is 1. The topological polar surface area (TPSA) is 153 Å². The zero-order chi connectivity index (χ0) is 24.6. The Labute approximate surface area is 189 Å². The second kappa shape index (κ2) is 9.06. The maximum Gasteiger partial charge on any atom is 0.313 e. The molecular formula is C20H29FN6O6. The first-order chi connectivity index (χ1) is 15.4. The number of nitrogen functional groups attached to an aromatic ring is 1. The molecule has 3 rings (SSSR count). The number of imidazole rings is 1. The second-order valence-corrected chi connectivity index (χ2v) is 8.88. The van der Waals surface area contributed by atoms with Crippen molar-refractivity contribution in [2.24, 2.45) is 5.41 Å². The van der Waals surface area contributed by atoms with Crippen LogP contribution in [0.3, 0.4) is 0 Å². The van der Waals surface area contributed by atoms with Crippen LogP contribution in [0, 0.1) is 5.41 Å². The number of hydrogen-bond donors (Lipinski definition) is 2. The lowest BCUT2D eigenvalue weighted by molar-refractivity contribution is -0.171. The third-order valence-electron chi connectivity index (χ3n) is 5.07. The van der Waals surface area contributed by atoms with Gasteiger partial charge in [-0.05, 0) is 27.7 Å². The van der Waals surface area contributed by atoms with E-state index in [0.29, 0.717) is 11.3 Å². The van der Waals surface area contributed by atoms with Gasteiger partial charge >= 0.3 is 11.9 Å². The van der Waals surface area contributed by atoms with Crippen molar-refractivity contribution < 1.29 is 32.9 Å². The predicted octanol–water partition coefficient (Wildman–Crippen LogP) is 1.57. The molecule has 33 heavy (non-hydrogen) atoms. The molecule has 0 amide bonds. The monoisotopic (exact) mass is 468 g/mol. The van der Waals surface area contributed by atoms with Crippen molar-refractivity contribution in [1.82, 2.24) is 19.5 Å². The summed E-state index contributed by atoms with van der Waals surface area (Å²) < 4.78 is 39.0. The van der Waals surface area contributed by atoms with E-state index in [9.17, 15) is 9.59 Å². The van der Waals surface area contributed by atoms with Crippen LogP contribution in [0.25, 0.3) is 11.2 Å². The summed E-state index contributed by atoms with van der Waals surface area (Å²) in [7, 11) is 1.64. The van der Waals surface area contributed by atoms with E-state index in [1.807, 2.05) is 0 Å². The second-order valence-electron chi connectivity index (χ2n) is 8.88. The standard InChI is InChI=1S/C20H29FN6O6/c1-10(28)32-13-11(7-30-9-31-17(29)19(2,3)4)33-16(20(13,5)21)27-8-24-12-14(23-6)25-18(22)26-15(12)27/h8,11,13,16H,7,9H2,1-6H3,(H3,22,23,25,26)/t11-,13-,16-,20-/m1/s1. The van der Waals surface area contributed by atoms with Crippen LogP contribution < -0.4 is 11.1 Å². The number of aromatic nitrogens is 4. The summed E-state index contributed by atoms with van der Waals surface area (Å²) in [6.45, 7) is 6.98. The molecule has 12 nitrogen and oxygen atoms in total. The van der Waals surface area contributed by atoms with Gasteiger partial charge in [0.05, 0.1) is 18.3 Å². The Morgan fingerprint density at radius 3 is 2.67 bits per heavy atom. The summed E-state index contributed by atoms with van der Waals surface area (Å²) in [6, 6.07) is 0. The summed E-state index contributed by atoms with van der Waals surface area (Å²) in [6.07, 6.45) is -2.22. The van der Waals surface area contributed by atoms with Crippen molar-refractivity contribution in [3.8, 4) is 0 Å². The van der Waals surface area contributed by atoms with Crippen LogP contribution in [0.1, 0.15) is 40.8 Å². The Balaban J connectivity index is 1.84. The molecule has 1 aliphatic heterocycles. The van der Waals surface area contributed by atoms with Gasteiger partial charge in [0.1, 0.15) is 6.10 Å². The summed E-state index contributed by atoms with van der Waals surface area (Å²) >= 11 is 0. The smallest absolute Gasteiger partial charge is 0.313 e. The molecule has 0 unspecified atom stereocenters. The van der Waals surface area contributed by atoms with E-state index in [4.69, 9.17) is 24.7 Å². The summed E-state index contributed by atoms with van der Waals surface area (Å²) in [5.41, 5.74) is 3.50. The molecular weight excluding hydrogens is 439 g/mol. The lowest BCUT2D eigenvalue weighted by Gasteiger charge is -2.27. The van der Waals surface area contributed by atoms with Crippen LogP contribution in [0.5, 0.6) is 0 Å².